The normalized spacial score (nSPS) is 14.9. The van der Waals surface area contributed by atoms with Crippen LogP contribution >= 0.6 is 39.3 Å². The van der Waals surface area contributed by atoms with Gasteiger partial charge in [0.25, 0.3) is 0 Å². The summed E-state index contributed by atoms with van der Waals surface area (Å²) in [6, 6.07) is 30.6. The smallest absolute Gasteiger partial charge is 0.0735 e. The third kappa shape index (κ3) is 2.09. The lowest BCUT2D eigenvalue weighted by atomic mass is 9.67. The molecule has 4 aromatic rings. The van der Waals surface area contributed by atoms with E-state index in [4.69, 9.17) is 11.6 Å². The molecule has 0 N–H and O–H groups in total. The van der Waals surface area contributed by atoms with Gasteiger partial charge in [0.15, 0.2) is 0 Å². The molecule has 0 fully saturated rings. The third-order valence-corrected chi connectivity index (χ3v) is 7.74. The first-order valence-corrected chi connectivity index (χ1v) is 11.2. The highest BCUT2D eigenvalue weighted by Crippen LogP contribution is 2.62. The number of fused-ring (bicyclic) bond motifs is 9. The summed E-state index contributed by atoms with van der Waals surface area (Å²) in [6.45, 7) is 0. The maximum Gasteiger partial charge on any atom is 0.0735 e. The number of rotatable bonds is 0. The van der Waals surface area contributed by atoms with Crippen LogP contribution in [0, 0.1) is 0 Å². The van der Waals surface area contributed by atoms with E-state index in [1.807, 2.05) is 17.8 Å². The van der Waals surface area contributed by atoms with Crippen LogP contribution in [0.2, 0.25) is 5.02 Å². The Labute approximate surface area is 181 Å². The van der Waals surface area contributed by atoms with E-state index in [-0.39, 0.29) is 5.41 Å². The summed E-state index contributed by atoms with van der Waals surface area (Å²) >= 11 is 12.0. The number of hydrogen-bond donors (Lipinski definition) is 0. The maximum absolute atomic E-state index is 6.44. The lowest BCUT2D eigenvalue weighted by molar-refractivity contribution is 0.722. The highest BCUT2D eigenvalue weighted by atomic mass is 79.9. The fourth-order valence-electron chi connectivity index (χ4n) is 4.85. The Kier molecular flexibility index (Phi) is 3.62. The zero-order chi connectivity index (χ0) is 18.9. The molecule has 6 rings (SSSR count). The Morgan fingerprint density at radius 2 is 1.21 bits per heavy atom. The van der Waals surface area contributed by atoms with Crippen molar-refractivity contribution in [2.24, 2.45) is 0 Å². The molecule has 134 valence electrons. The average molecular weight is 462 g/mol. The van der Waals surface area contributed by atoms with Gasteiger partial charge in [0, 0.05) is 19.3 Å². The van der Waals surface area contributed by atoms with Crippen LogP contribution in [0.1, 0.15) is 22.3 Å². The maximum atomic E-state index is 6.44. The number of hydrogen-bond acceptors (Lipinski definition) is 1. The molecule has 0 saturated heterocycles. The van der Waals surface area contributed by atoms with Gasteiger partial charge in [0.1, 0.15) is 0 Å². The molecule has 0 bridgehead atoms. The van der Waals surface area contributed by atoms with E-state index < -0.39 is 0 Å². The highest BCUT2D eigenvalue weighted by molar-refractivity contribution is 9.10. The van der Waals surface area contributed by atoms with Gasteiger partial charge < -0.3 is 0 Å². The van der Waals surface area contributed by atoms with Crippen molar-refractivity contribution in [3.8, 4) is 11.1 Å². The van der Waals surface area contributed by atoms with Gasteiger partial charge in [0.05, 0.1) is 5.41 Å². The topological polar surface area (TPSA) is 0 Å². The minimum Gasteiger partial charge on any atom is -0.0894 e. The molecule has 3 heteroatoms. The van der Waals surface area contributed by atoms with Crippen LogP contribution in [0.5, 0.6) is 0 Å². The van der Waals surface area contributed by atoms with E-state index in [1.165, 1.54) is 43.2 Å². The van der Waals surface area contributed by atoms with Crippen LogP contribution < -0.4 is 0 Å². The Morgan fingerprint density at radius 1 is 0.643 bits per heavy atom. The summed E-state index contributed by atoms with van der Waals surface area (Å²) < 4.78 is 1.08. The first-order valence-electron chi connectivity index (χ1n) is 9.17. The van der Waals surface area contributed by atoms with Crippen LogP contribution in [0.4, 0.5) is 0 Å². The van der Waals surface area contributed by atoms with Crippen LogP contribution in [0.3, 0.4) is 0 Å². The summed E-state index contributed by atoms with van der Waals surface area (Å²) in [5, 5.41) is 0.772. The molecule has 0 unspecified atom stereocenters. The summed E-state index contributed by atoms with van der Waals surface area (Å²) in [5.41, 5.74) is 7.50. The second-order valence-corrected chi connectivity index (χ2v) is 9.66. The lowest BCUT2D eigenvalue weighted by Crippen LogP contribution is -2.31. The summed E-state index contributed by atoms with van der Waals surface area (Å²) in [7, 11) is 0. The summed E-state index contributed by atoms with van der Waals surface area (Å²) in [5.74, 6) is 0. The predicted octanol–water partition coefficient (Wildman–Crippen LogP) is 7.93. The predicted molar refractivity (Wildman–Crippen MR) is 121 cm³/mol. The number of halogens is 2. The first kappa shape index (κ1) is 16.9. The van der Waals surface area contributed by atoms with Gasteiger partial charge in [-0.1, -0.05) is 87.8 Å². The SMILES string of the molecule is Clc1ccc2c(c1)-c1cc(Br)ccc1C21c2ccccc2Sc2ccccc21. The van der Waals surface area contributed by atoms with Gasteiger partial charge in [-0.05, 0) is 69.8 Å². The number of benzene rings is 4. The zero-order valence-electron chi connectivity index (χ0n) is 14.7. The molecule has 1 aliphatic heterocycles. The van der Waals surface area contributed by atoms with Crippen LogP contribution in [0.25, 0.3) is 11.1 Å². The van der Waals surface area contributed by atoms with Gasteiger partial charge in [-0.2, -0.15) is 0 Å². The molecule has 0 amide bonds. The van der Waals surface area contributed by atoms with Gasteiger partial charge in [0.2, 0.25) is 0 Å². The van der Waals surface area contributed by atoms with Crippen molar-refractivity contribution < 1.29 is 0 Å². The van der Waals surface area contributed by atoms with Gasteiger partial charge in [-0.3, -0.25) is 0 Å². The van der Waals surface area contributed by atoms with Gasteiger partial charge in [-0.15, -0.1) is 0 Å². The summed E-state index contributed by atoms with van der Waals surface area (Å²) in [4.78, 5) is 2.63. The molecular formula is C25H14BrClS. The Morgan fingerprint density at radius 3 is 1.89 bits per heavy atom. The molecule has 0 atom stereocenters. The van der Waals surface area contributed by atoms with Crippen molar-refractivity contribution in [2.45, 2.75) is 15.2 Å². The Balaban J connectivity index is 1.85. The first-order chi connectivity index (χ1) is 13.7. The molecule has 4 aromatic carbocycles. The Bertz CT molecular complexity index is 1180. The van der Waals surface area contributed by atoms with E-state index in [1.54, 1.807) is 0 Å². The zero-order valence-corrected chi connectivity index (χ0v) is 17.9. The molecule has 28 heavy (non-hydrogen) atoms. The van der Waals surface area contributed by atoms with E-state index in [2.05, 4.69) is 94.8 Å². The standard InChI is InChI=1S/C25H14BrClS/c26-15-9-11-19-17(13-15)18-14-16(27)10-12-20(18)25(19)21-5-1-3-7-23(21)28-24-8-4-2-6-22(24)25/h1-14H. The quantitative estimate of drug-likeness (QED) is 0.221. The van der Waals surface area contributed by atoms with Crippen molar-refractivity contribution in [1.82, 2.24) is 0 Å². The van der Waals surface area contributed by atoms with Gasteiger partial charge >= 0.3 is 0 Å². The largest absolute Gasteiger partial charge is 0.0894 e. The third-order valence-electron chi connectivity index (χ3n) is 5.86. The fourth-order valence-corrected chi connectivity index (χ4v) is 6.58. The van der Waals surface area contributed by atoms with E-state index >= 15 is 0 Å². The van der Waals surface area contributed by atoms with Crippen LogP contribution in [-0.2, 0) is 5.41 Å². The Hall–Kier alpha value is -2.00. The van der Waals surface area contributed by atoms with Crippen LogP contribution in [-0.4, -0.2) is 0 Å². The van der Waals surface area contributed by atoms with Gasteiger partial charge in [-0.25, -0.2) is 0 Å². The molecule has 1 spiro atoms. The van der Waals surface area contributed by atoms with Crippen molar-refractivity contribution in [3.05, 3.63) is 117 Å². The molecule has 1 aliphatic carbocycles. The fraction of sp³-hybridized carbons (Fsp3) is 0.0400. The van der Waals surface area contributed by atoms with Crippen molar-refractivity contribution in [1.29, 1.82) is 0 Å². The molecule has 0 nitrogen and oxygen atoms in total. The van der Waals surface area contributed by atoms with Crippen molar-refractivity contribution >= 4 is 39.3 Å². The second kappa shape index (κ2) is 6.00. The lowest BCUT2D eigenvalue weighted by Gasteiger charge is -2.39. The van der Waals surface area contributed by atoms with Crippen molar-refractivity contribution in [2.75, 3.05) is 0 Å². The van der Waals surface area contributed by atoms with Crippen LogP contribution in [0.15, 0.2) is 99.2 Å². The van der Waals surface area contributed by atoms with E-state index in [0.717, 1.165) is 9.50 Å². The molecule has 0 radical (unpaired) electrons. The minimum atomic E-state index is -0.311. The summed E-state index contributed by atoms with van der Waals surface area (Å²) in [6.07, 6.45) is 0. The monoisotopic (exact) mass is 460 g/mol. The molecule has 0 saturated carbocycles. The molecule has 1 heterocycles. The van der Waals surface area contributed by atoms with E-state index in [9.17, 15) is 0 Å². The average Bonchev–Trinajstić information content (AvgIpc) is 2.98. The van der Waals surface area contributed by atoms with Crippen molar-refractivity contribution in [3.63, 3.8) is 0 Å². The minimum absolute atomic E-state index is 0.311. The van der Waals surface area contributed by atoms with E-state index in [0.29, 0.717) is 0 Å². The highest BCUT2D eigenvalue weighted by Gasteiger charge is 2.50. The molecule has 0 aromatic heterocycles. The molecule has 2 aliphatic rings. The molecular weight excluding hydrogens is 448 g/mol. The second-order valence-electron chi connectivity index (χ2n) is 7.22.